The summed E-state index contributed by atoms with van der Waals surface area (Å²) in [6.07, 6.45) is 11.3. The van der Waals surface area contributed by atoms with Gasteiger partial charge in [-0.1, -0.05) is 78.1 Å². The molecule has 0 saturated heterocycles. The molecule has 0 fully saturated rings. The van der Waals surface area contributed by atoms with Gasteiger partial charge in [0.2, 0.25) is 0 Å². The van der Waals surface area contributed by atoms with Gasteiger partial charge in [-0.05, 0) is 12.8 Å². The molecule has 2 N–H and O–H groups in total. The van der Waals surface area contributed by atoms with Gasteiger partial charge in [-0.2, -0.15) is 0 Å². The third-order valence-corrected chi connectivity index (χ3v) is 4.20. The van der Waals surface area contributed by atoms with Crippen molar-refractivity contribution in [2.45, 2.75) is 90.9 Å². The van der Waals surface area contributed by atoms with Crippen molar-refractivity contribution in [2.75, 3.05) is 0 Å². The number of unbranched alkanes of at least 4 members (excludes halogenated alkanes) is 8. The molecule has 5 heteroatoms. The van der Waals surface area contributed by atoms with E-state index in [2.05, 4.69) is 6.92 Å². The van der Waals surface area contributed by atoms with E-state index in [1.165, 1.54) is 38.5 Å². The molecule has 0 saturated carbocycles. The Morgan fingerprint density at radius 1 is 0.682 bits per heavy atom. The molecule has 0 aliphatic carbocycles. The van der Waals surface area contributed by atoms with Crippen LogP contribution >= 0.6 is 0 Å². The van der Waals surface area contributed by atoms with Gasteiger partial charge in [0.05, 0.1) is 0 Å². The molecule has 0 aliphatic heterocycles. The Morgan fingerprint density at radius 2 is 1.09 bits per heavy atom. The van der Waals surface area contributed by atoms with Crippen molar-refractivity contribution in [2.24, 2.45) is 5.41 Å². The van der Waals surface area contributed by atoms with E-state index in [9.17, 15) is 19.8 Å². The van der Waals surface area contributed by atoms with Crippen LogP contribution in [0.25, 0.3) is 0 Å². The molecule has 128 valence electrons. The van der Waals surface area contributed by atoms with Crippen LogP contribution < -0.4 is 0 Å². The van der Waals surface area contributed by atoms with Crippen molar-refractivity contribution in [1.29, 1.82) is 0 Å². The summed E-state index contributed by atoms with van der Waals surface area (Å²) in [5.74, 6) is -2.37. The third-order valence-electron chi connectivity index (χ3n) is 4.20. The first-order valence-electron chi connectivity index (χ1n) is 8.48. The van der Waals surface area contributed by atoms with Gasteiger partial charge in [-0.15, -0.1) is 0 Å². The van der Waals surface area contributed by atoms with Crippen molar-refractivity contribution in [1.82, 2.24) is 0 Å². The summed E-state index contributed by atoms with van der Waals surface area (Å²) in [5.41, 5.74) is -1.57. The molecule has 0 bridgehead atoms. The summed E-state index contributed by atoms with van der Waals surface area (Å²) in [5, 5.41) is 18.5. The van der Waals surface area contributed by atoms with Gasteiger partial charge in [0, 0.05) is 0 Å². The number of hydrogen-bond acceptors (Lipinski definition) is 2. The van der Waals surface area contributed by atoms with E-state index in [1.54, 1.807) is 0 Å². The fourth-order valence-corrected chi connectivity index (χ4v) is 2.81. The Labute approximate surface area is 175 Å². The molecule has 0 amide bonds. The Bertz CT molecular complexity index is 291. The average molecular weight is 440 g/mol. The van der Waals surface area contributed by atoms with Crippen molar-refractivity contribution >= 4 is 60.8 Å². The van der Waals surface area contributed by atoms with Gasteiger partial charge in [-0.25, -0.2) is 0 Å². The van der Waals surface area contributed by atoms with Crippen LogP contribution in [0.1, 0.15) is 90.9 Å². The summed E-state index contributed by atoms with van der Waals surface area (Å²) in [6, 6.07) is 0. The molecule has 0 unspecified atom stereocenters. The molecule has 4 nitrogen and oxygen atoms in total. The summed E-state index contributed by atoms with van der Waals surface area (Å²) in [4.78, 5) is 22.7. The molecule has 0 atom stereocenters. The van der Waals surface area contributed by atoms with Gasteiger partial charge in [0.15, 0.2) is 5.41 Å². The second-order valence-corrected chi connectivity index (χ2v) is 6.02. The molecular weight excluding hydrogens is 406 g/mol. The Kier molecular flexibility index (Phi) is 17.0. The van der Waals surface area contributed by atoms with Gasteiger partial charge < -0.3 is 10.2 Å². The molecule has 0 rings (SSSR count). The average Bonchev–Trinajstić information content (AvgIpc) is 2.43. The minimum absolute atomic E-state index is 0. The number of rotatable bonds is 14. The van der Waals surface area contributed by atoms with E-state index in [0.717, 1.165) is 12.8 Å². The van der Waals surface area contributed by atoms with Gasteiger partial charge in [0.25, 0.3) is 0 Å². The van der Waals surface area contributed by atoms with Crippen molar-refractivity contribution < 1.29 is 19.8 Å². The molecule has 0 radical (unpaired) electrons. The standard InChI is InChI=1S/C17H32O4.Ba.2H/c1-3-5-6-7-8-9-10-11-12-14-17(13-4-2,15(18)19)16(20)21;;;/h3-14H2,1-2H3,(H,18,19)(H,20,21);;;. The van der Waals surface area contributed by atoms with Crippen LogP contribution in [0.2, 0.25) is 0 Å². The number of carbonyl (C=O) groups is 2. The number of carboxylic acid groups (broad SMARTS) is 2. The first-order chi connectivity index (χ1) is 10.0. The van der Waals surface area contributed by atoms with Crippen LogP contribution in [0.3, 0.4) is 0 Å². The minimum atomic E-state index is -1.57. The van der Waals surface area contributed by atoms with Gasteiger partial charge in [-0.3, -0.25) is 9.59 Å². The van der Waals surface area contributed by atoms with E-state index in [4.69, 9.17) is 0 Å². The molecular formula is C17H34BaO4. The summed E-state index contributed by atoms with van der Waals surface area (Å²) in [7, 11) is 0. The SMILES string of the molecule is CCCCCCCCCCCC(CCC)(C(=O)O)C(=O)O.[BaH2]. The molecule has 0 aromatic carbocycles. The Morgan fingerprint density at radius 3 is 1.45 bits per heavy atom. The molecule has 0 heterocycles. The molecule has 22 heavy (non-hydrogen) atoms. The van der Waals surface area contributed by atoms with Crippen molar-refractivity contribution in [3.63, 3.8) is 0 Å². The summed E-state index contributed by atoms with van der Waals surface area (Å²) < 4.78 is 0. The predicted octanol–water partition coefficient (Wildman–Crippen LogP) is 3.95. The molecule has 0 aromatic rings. The van der Waals surface area contributed by atoms with Crippen molar-refractivity contribution in [3.05, 3.63) is 0 Å². The zero-order valence-electron chi connectivity index (χ0n) is 13.7. The first kappa shape index (κ1) is 24.8. The van der Waals surface area contributed by atoms with E-state index < -0.39 is 17.4 Å². The first-order valence-corrected chi connectivity index (χ1v) is 8.48. The summed E-state index contributed by atoms with van der Waals surface area (Å²) in [6.45, 7) is 4.03. The maximum atomic E-state index is 11.3. The number of aliphatic carboxylic acids is 2. The molecule has 0 spiro atoms. The molecule has 0 aliphatic rings. The van der Waals surface area contributed by atoms with E-state index in [0.29, 0.717) is 12.8 Å². The topological polar surface area (TPSA) is 74.6 Å². The van der Waals surface area contributed by atoms with Crippen LogP contribution in [-0.2, 0) is 9.59 Å². The van der Waals surface area contributed by atoms with E-state index in [1.807, 2.05) is 6.92 Å². The van der Waals surface area contributed by atoms with E-state index in [-0.39, 0.29) is 61.7 Å². The molecule has 0 aromatic heterocycles. The number of hydrogen-bond donors (Lipinski definition) is 2. The van der Waals surface area contributed by atoms with Crippen LogP contribution in [-0.4, -0.2) is 71.0 Å². The zero-order chi connectivity index (χ0) is 16.1. The second kappa shape index (κ2) is 15.1. The van der Waals surface area contributed by atoms with Gasteiger partial charge in [0.1, 0.15) is 0 Å². The van der Waals surface area contributed by atoms with Crippen LogP contribution in [0, 0.1) is 5.41 Å². The van der Waals surface area contributed by atoms with Gasteiger partial charge >= 0.3 is 60.8 Å². The monoisotopic (exact) mass is 440 g/mol. The normalized spacial score (nSPS) is 11.0. The fourth-order valence-electron chi connectivity index (χ4n) is 2.81. The maximum absolute atomic E-state index is 11.3. The fraction of sp³-hybridized carbons (Fsp3) is 0.882. The van der Waals surface area contributed by atoms with Crippen molar-refractivity contribution in [3.8, 4) is 0 Å². The van der Waals surface area contributed by atoms with Crippen LogP contribution in [0.15, 0.2) is 0 Å². The summed E-state index contributed by atoms with van der Waals surface area (Å²) >= 11 is 0. The zero-order valence-corrected chi connectivity index (χ0v) is 13.7. The van der Waals surface area contributed by atoms with Crippen LogP contribution in [0.5, 0.6) is 0 Å². The predicted molar refractivity (Wildman–Crippen MR) is 93.0 cm³/mol. The third kappa shape index (κ3) is 9.61. The Hall–Kier alpha value is 0.511. The second-order valence-electron chi connectivity index (χ2n) is 6.02. The van der Waals surface area contributed by atoms with E-state index >= 15 is 0 Å². The van der Waals surface area contributed by atoms with Crippen LogP contribution in [0.4, 0.5) is 0 Å². The number of carboxylic acids is 2. The quantitative estimate of drug-likeness (QED) is 0.244. The Balaban J connectivity index is 0.